The van der Waals surface area contributed by atoms with E-state index in [9.17, 15) is 9.59 Å². The lowest BCUT2D eigenvalue weighted by molar-refractivity contribution is 0.0269. The van der Waals surface area contributed by atoms with Gasteiger partial charge in [-0.3, -0.25) is 24.7 Å². The highest BCUT2D eigenvalue weighted by Crippen LogP contribution is 2.21. The first-order valence-corrected chi connectivity index (χ1v) is 8.98. The van der Waals surface area contributed by atoms with Crippen LogP contribution in [0.3, 0.4) is 0 Å². The minimum Gasteiger partial charge on any atom is -0.335 e. The Morgan fingerprint density at radius 3 is 2.33 bits per heavy atom. The van der Waals surface area contributed by atoms with E-state index in [4.69, 9.17) is 5.21 Å². The minimum atomic E-state index is -0.522. The van der Waals surface area contributed by atoms with Crippen molar-refractivity contribution in [3.05, 3.63) is 65.5 Å². The Hall–Kier alpha value is -2.77. The number of amides is 2. The van der Waals surface area contributed by atoms with Crippen LogP contribution in [0.2, 0.25) is 0 Å². The van der Waals surface area contributed by atoms with Gasteiger partial charge in [-0.1, -0.05) is 12.1 Å². The predicted molar refractivity (Wildman–Crippen MR) is 100 cm³/mol. The number of nitrogens with zero attached hydrogens (tertiary/aromatic N) is 3. The van der Waals surface area contributed by atoms with Crippen LogP contribution in [0, 0.1) is 0 Å². The number of benzene rings is 1. The topological polar surface area (TPSA) is 85.8 Å². The summed E-state index contributed by atoms with van der Waals surface area (Å²) in [5, 5.41) is 8.70. The second kappa shape index (κ2) is 8.28. The number of hydrogen-bond acceptors (Lipinski definition) is 5. The molecule has 0 radical (unpaired) electrons. The molecular formula is C20H24N4O3. The molecule has 2 atom stereocenters. The summed E-state index contributed by atoms with van der Waals surface area (Å²) < 4.78 is 0. The third-order valence-corrected chi connectivity index (χ3v) is 4.98. The van der Waals surface area contributed by atoms with Crippen LogP contribution in [0.4, 0.5) is 0 Å². The molecule has 3 rings (SSSR count). The lowest BCUT2D eigenvalue weighted by Gasteiger charge is -2.44. The Morgan fingerprint density at radius 1 is 1.11 bits per heavy atom. The van der Waals surface area contributed by atoms with E-state index in [2.05, 4.69) is 23.7 Å². The molecule has 1 saturated heterocycles. The number of piperazine rings is 1. The summed E-state index contributed by atoms with van der Waals surface area (Å²) in [5.74, 6) is -0.508. The number of hydroxylamine groups is 1. The fraction of sp³-hybridized carbons (Fsp3) is 0.350. The summed E-state index contributed by atoms with van der Waals surface area (Å²) in [7, 11) is 0. The average Bonchev–Trinajstić information content (AvgIpc) is 2.70. The summed E-state index contributed by atoms with van der Waals surface area (Å²) >= 11 is 0. The summed E-state index contributed by atoms with van der Waals surface area (Å²) in [5.41, 5.74) is 3.74. The van der Waals surface area contributed by atoms with Crippen molar-refractivity contribution < 1.29 is 14.8 Å². The zero-order chi connectivity index (χ0) is 19.4. The SMILES string of the molecule is C[C@@H]1CN(C(=O)c2cccnc2)C[C@H](C)N1Cc1ccc(C(=O)NO)cc1. The fourth-order valence-corrected chi connectivity index (χ4v) is 3.54. The maximum atomic E-state index is 12.7. The molecule has 142 valence electrons. The molecule has 0 bridgehead atoms. The van der Waals surface area contributed by atoms with Gasteiger partial charge >= 0.3 is 0 Å². The van der Waals surface area contributed by atoms with E-state index >= 15 is 0 Å². The number of nitrogens with one attached hydrogen (secondary N) is 1. The molecule has 1 fully saturated rings. The van der Waals surface area contributed by atoms with E-state index in [0.717, 1.165) is 12.1 Å². The van der Waals surface area contributed by atoms with Gasteiger partial charge in [-0.2, -0.15) is 0 Å². The van der Waals surface area contributed by atoms with Gasteiger partial charge in [0.15, 0.2) is 0 Å². The largest absolute Gasteiger partial charge is 0.335 e. The molecule has 2 amide bonds. The number of hydrogen-bond donors (Lipinski definition) is 2. The van der Waals surface area contributed by atoms with Crippen LogP contribution in [0.1, 0.15) is 40.1 Å². The summed E-state index contributed by atoms with van der Waals surface area (Å²) in [6.07, 6.45) is 3.27. The van der Waals surface area contributed by atoms with Gasteiger partial charge in [0, 0.05) is 49.7 Å². The smallest absolute Gasteiger partial charge is 0.274 e. The third kappa shape index (κ3) is 4.32. The Balaban J connectivity index is 1.65. The second-order valence-electron chi connectivity index (χ2n) is 6.96. The van der Waals surface area contributed by atoms with Gasteiger partial charge in [0.05, 0.1) is 5.56 Å². The molecule has 2 aromatic rings. The first kappa shape index (κ1) is 19.0. The van der Waals surface area contributed by atoms with Crippen molar-refractivity contribution in [2.24, 2.45) is 0 Å². The third-order valence-electron chi connectivity index (χ3n) is 4.98. The molecule has 0 unspecified atom stereocenters. The Labute approximate surface area is 158 Å². The number of carbonyl (C=O) groups is 2. The van der Waals surface area contributed by atoms with Gasteiger partial charge in [-0.15, -0.1) is 0 Å². The molecule has 0 spiro atoms. The standard InChI is InChI=1S/C20H24N4O3/c1-14-11-23(20(26)18-4-3-9-21-10-18)12-15(2)24(14)13-16-5-7-17(8-6-16)19(25)22-27/h3-10,14-15,27H,11-13H2,1-2H3,(H,22,25)/t14-,15+. The van der Waals surface area contributed by atoms with E-state index < -0.39 is 5.91 Å². The van der Waals surface area contributed by atoms with E-state index in [-0.39, 0.29) is 18.0 Å². The van der Waals surface area contributed by atoms with Gasteiger partial charge in [0.2, 0.25) is 0 Å². The van der Waals surface area contributed by atoms with E-state index in [1.807, 2.05) is 17.0 Å². The summed E-state index contributed by atoms with van der Waals surface area (Å²) in [4.78, 5) is 32.4. The summed E-state index contributed by atoms with van der Waals surface area (Å²) in [6, 6.07) is 11.1. The van der Waals surface area contributed by atoms with Crippen molar-refractivity contribution in [3.8, 4) is 0 Å². The van der Waals surface area contributed by atoms with Gasteiger partial charge in [0.1, 0.15) is 0 Å². The van der Waals surface area contributed by atoms with Gasteiger partial charge in [0.25, 0.3) is 11.8 Å². The Bertz CT molecular complexity index is 783. The zero-order valence-corrected chi connectivity index (χ0v) is 15.5. The van der Waals surface area contributed by atoms with Crippen LogP contribution < -0.4 is 5.48 Å². The first-order chi connectivity index (χ1) is 13.0. The Kier molecular flexibility index (Phi) is 5.83. The lowest BCUT2D eigenvalue weighted by atomic mass is 10.0. The molecule has 0 aliphatic carbocycles. The predicted octanol–water partition coefficient (Wildman–Crippen LogP) is 1.94. The van der Waals surface area contributed by atoms with Gasteiger partial charge in [-0.05, 0) is 43.7 Å². The van der Waals surface area contributed by atoms with Gasteiger partial charge in [-0.25, -0.2) is 5.48 Å². The highest BCUT2D eigenvalue weighted by Gasteiger charge is 2.32. The van der Waals surface area contributed by atoms with Crippen LogP contribution in [0.25, 0.3) is 0 Å². The van der Waals surface area contributed by atoms with Crippen molar-refractivity contribution in [1.29, 1.82) is 0 Å². The number of aromatic nitrogens is 1. The van der Waals surface area contributed by atoms with Crippen LogP contribution in [-0.4, -0.2) is 57.0 Å². The van der Waals surface area contributed by atoms with E-state index in [1.165, 1.54) is 0 Å². The fourth-order valence-electron chi connectivity index (χ4n) is 3.54. The second-order valence-corrected chi connectivity index (χ2v) is 6.96. The molecule has 7 heteroatoms. The number of pyridine rings is 1. The highest BCUT2D eigenvalue weighted by molar-refractivity contribution is 5.94. The number of rotatable bonds is 4. The Morgan fingerprint density at radius 2 is 1.78 bits per heavy atom. The van der Waals surface area contributed by atoms with Crippen molar-refractivity contribution in [2.45, 2.75) is 32.5 Å². The van der Waals surface area contributed by atoms with E-state index in [0.29, 0.717) is 24.2 Å². The van der Waals surface area contributed by atoms with E-state index in [1.54, 1.807) is 42.1 Å². The normalized spacial score (nSPS) is 20.3. The molecule has 1 aromatic carbocycles. The van der Waals surface area contributed by atoms with Crippen molar-refractivity contribution in [3.63, 3.8) is 0 Å². The molecular weight excluding hydrogens is 344 g/mol. The molecule has 1 aromatic heterocycles. The minimum absolute atomic E-state index is 0.0146. The lowest BCUT2D eigenvalue weighted by Crippen LogP contribution is -2.57. The van der Waals surface area contributed by atoms with Crippen LogP contribution >= 0.6 is 0 Å². The first-order valence-electron chi connectivity index (χ1n) is 8.98. The van der Waals surface area contributed by atoms with Crippen molar-refractivity contribution in [2.75, 3.05) is 13.1 Å². The number of carbonyl (C=O) groups excluding carboxylic acids is 2. The molecule has 0 saturated carbocycles. The van der Waals surface area contributed by atoms with Crippen LogP contribution in [0.15, 0.2) is 48.8 Å². The summed E-state index contributed by atoms with van der Waals surface area (Å²) in [6.45, 7) is 6.28. The van der Waals surface area contributed by atoms with Crippen LogP contribution in [0.5, 0.6) is 0 Å². The monoisotopic (exact) mass is 368 g/mol. The molecule has 2 N–H and O–H groups in total. The molecule has 1 aliphatic heterocycles. The molecule has 7 nitrogen and oxygen atoms in total. The maximum Gasteiger partial charge on any atom is 0.274 e. The zero-order valence-electron chi connectivity index (χ0n) is 15.5. The van der Waals surface area contributed by atoms with Crippen LogP contribution in [-0.2, 0) is 6.54 Å². The van der Waals surface area contributed by atoms with Gasteiger partial charge < -0.3 is 4.90 Å². The average molecular weight is 368 g/mol. The maximum absolute atomic E-state index is 12.7. The van der Waals surface area contributed by atoms with Crippen molar-refractivity contribution in [1.82, 2.24) is 20.3 Å². The quantitative estimate of drug-likeness (QED) is 0.636. The highest BCUT2D eigenvalue weighted by atomic mass is 16.5. The van der Waals surface area contributed by atoms with Crippen molar-refractivity contribution >= 4 is 11.8 Å². The molecule has 27 heavy (non-hydrogen) atoms. The molecule has 1 aliphatic rings. The molecule has 2 heterocycles.